The summed E-state index contributed by atoms with van der Waals surface area (Å²) in [7, 11) is 0. The van der Waals surface area contributed by atoms with Crippen molar-refractivity contribution >= 4 is 59.3 Å². The quantitative estimate of drug-likeness (QED) is 0.177. The highest BCUT2D eigenvalue weighted by atomic mass is 32.1. The van der Waals surface area contributed by atoms with Crippen LogP contribution in [0.4, 0.5) is 17.1 Å². The van der Waals surface area contributed by atoms with E-state index in [0.717, 1.165) is 17.1 Å². The van der Waals surface area contributed by atoms with Gasteiger partial charge in [-0.1, -0.05) is 133 Å². The summed E-state index contributed by atoms with van der Waals surface area (Å²) in [6.07, 6.45) is 0. The van der Waals surface area contributed by atoms with Crippen LogP contribution in [0.1, 0.15) is 0 Å². The number of anilines is 3. The Bertz CT molecular complexity index is 2530. The molecule has 226 valence electrons. The predicted octanol–water partition coefficient (Wildman–Crippen LogP) is 13.7. The average molecular weight is 630 g/mol. The first-order valence-corrected chi connectivity index (χ1v) is 17.2. The van der Waals surface area contributed by atoms with Crippen LogP contribution in [0.5, 0.6) is 0 Å². The topological polar surface area (TPSA) is 3.24 Å². The van der Waals surface area contributed by atoms with E-state index in [0.29, 0.717) is 0 Å². The number of nitrogens with zero attached hydrogens (tertiary/aromatic N) is 1. The Morgan fingerprint density at radius 3 is 1.73 bits per heavy atom. The lowest BCUT2D eigenvalue weighted by molar-refractivity contribution is 1.28. The molecule has 0 spiro atoms. The molecule has 0 saturated heterocycles. The molecule has 48 heavy (non-hydrogen) atoms. The number of rotatable bonds is 6. The number of benzene rings is 8. The Kier molecular flexibility index (Phi) is 7.07. The van der Waals surface area contributed by atoms with Crippen molar-refractivity contribution in [3.05, 3.63) is 188 Å². The minimum absolute atomic E-state index is 1.11. The second-order valence-electron chi connectivity index (χ2n) is 12.2. The normalized spacial score (nSPS) is 11.3. The molecule has 8 aromatic carbocycles. The number of thiophene rings is 1. The van der Waals surface area contributed by atoms with Crippen LogP contribution in [0, 0.1) is 0 Å². The van der Waals surface area contributed by atoms with Gasteiger partial charge in [0.05, 0.1) is 5.69 Å². The van der Waals surface area contributed by atoms with Crippen LogP contribution >= 0.6 is 11.3 Å². The molecule has 1 nitrogen and oxygen atoms in total. The number of para-hydroxylation sites is 1. The smallest absolute Gasteiger partial charge is 0.0540 e. The molecule has 1 aromatic heterocycles. The molecule has 1 heterocycles. The van der Waals surface area contributed by atoms with Crippen molar-refractivity contribution in [1.29, 1.82) is 0 Å². The molecule has 0 aliphatic rings. The summed E-state index contributed by atoms with van der Waals surface area (Å²) >= 11 is 1.87. The van der Waals surface area contributed by atoms with E-state index >= 15 is 0 Å². The monoisotopic (exact) mass is 629 g/mol. The number of hydrogen-bond donors (Lipinski definition) is 0. The van der Waals surface area contributed by atoms with Crippen molar-refractivity contribution in [1.82, 2.24) is 0 Å². The molecule has 0 bridgehead atoms. The van der Waals surface area contributed by atoms with Gasteiger partial charge < -0.3 is 4.90 Å². The standard InChI is InChI=1S/C46H31NS/c1-4-13-32(14-5-1)35-25-28-44(42(29-35)33-15-6-2-7-16-33)47(37-18-8-3-9-19-37)38-26-23-34(24-27-38)39-21-12-17-36-30-43-40-20-10-11-22-45(40)48-46(43)31-41(36)39/h1-31H. The highest BCUT2D eigenvalue weighted by Gasteiger charge is 2.19. The SMILES string of the molecule is c1ccc(-c2ccc(N(c3ccccc3)c3ccc(-c4cccc5cc6c(cc45)sc4ccccc46)cc3)c(-c3ccccc3)c2)cc1. The first kappa shape index (κ1) is 28.3. The first-order chi connectivity index (χ1) is 23.8. The van der Waals surface area contributed by atoms with Gasteiger partial charge in [-0.05, 0) is 93.2 Å². The summed E-state index contributed by atoms with van der Waals surface area (Å²) in [5.74, 6) is 0. The van der Waals surface area contributed by atoms with Gasteiger partial charge in [-0.15, -0.1) is 11.3 Å². The number of fused-ring (bicyclic) bond motifs is 4. The van der Waals surface area contributed by atoms with E-state index in [1.54, 1.807) is 0 Å². The fourth-order valence-electron chi connectivity index (χ4n) is 6.93. The van der Waals surface area contributed by atoms with Gasteiger partial charge in [0.1, 0.15) is 0 Å². The van der Waals surface area contributed by atoms with E-state index < -0.39 is 0 Å². The second kappa shape index (κ2) is 12.0. The largest absolute Gasteiger partial charge is 0.310 e. The van der Waals surface area contributed by atoms with Crippen molar-refractivity contribution in [3.63, 3.8) is 0 Å². The minimum atomic E-state index is 1.11. The first-order valence-electron chi connectivity index (χ1n) is 16.3. The summed E-state index contributed by atoms with van der Waals surface area (Å²) in [6, 6.07) is 68.1. The Labute approximate surface area is 284 Å². The maximum absolute atomic E-state index is 2.38. The third kappa shape index (κ3) is 5.04. The lowest BCUT2D eigenvalue weighted by Crippen LogP contribution is -2.11. The molecular weight excluding hydrogens is 599 g/mol. The van der Waals surface area contributed by atoms with Crippen LogP contribution in [0.25, 0.3) is 64.3 Å². The molecule has 0 amide bonds. The molecular formula is C46H31NS. The van der Waals surface area contributed by atoms with Gasteiger partial charge >= 0.3 is 0 Å². The molecule has 0 saturated carbocycles. The van der Waals surface area contributed by atoms with Gasteiger partial charge in [-0.2, -0.15) is 0 Å². The fraction of sp³-hybridized carbons (Fsp3) is 0. The Morgan fingerprint density at radius 1 is 0.333 bits per heavy atom. The van der Waals surface area contributed by atoms with E-state index in [1.165, 1.54) is 64.3 Å². The lowest BCUT2D eigenvalue weighted by atomic mass is 9.95. The van der Waals surface area contributed by atoms with E-state index in [2.05, 4.69) is 193 Å². The van der Waals surface area contributed by atoms with Crippen molar-refractivity contribution in [2.24, 2.45) is 0 Å². The second-order valence-corrected chi connectivity index (χ2v) is 13.2. The zero-order valence-corrected chi connectivity index (χ0v) is 27.1. The Balaban J connectivity index is 1.18. The molecule has 0 fully saturated rings. The summed E-state index contributed by atoms with van der Waals surface area (Å²) in [6.45, 7) is 0. The molecule has 0 aliphatic heterocycles. The molecule has 0 unspecified atom stereocenters. The fourth-order valence-corrected chi connectivity index (χ4v) is 8.06. The molecule has 2 heteroatoms. The van der Waals surface area contributed by atoms with Gasteiger partial charge in [0.15, 0.2) is 0 Å². The summed E-state index contributed by atoms with van der Waals surface area (Å²) < 4.78 is 2.66. The third-order valence-electron chi connectivity index (χ3n) is 9.26. The van der Waals surface area contributed by atoms with Crippen LogP contribution in [0.3, 0.4) is 0 Å². The maximum atomic E-state index is 2.38. The minimum Gasteiger partial charge on any atom is -0.310 e. The maximum Gasteiger partial charge on any atom is 0.0540 e. The third-order valence-corrected chi connectivity index (χ3v) is 10.4. The molecule has 0 radical (unpaired) electrons. The predicted molar refractivity (Wildman–Crippen MR) is 208 cm³/mol. The van der Waals surface area contributed by atoms with Gasteiger partial charge in [0, 0.05) is 37.1 Å². The van der Waals surface area contributed by atoms with E-state index in [4.69, 9.17) is 0 Å². The zero-order valence-electron chi connectivity index (χ0n) is 26.3. The van der Waals surface area contributed by atoms with Crippen LogP contribution in [0.2, 0.25) is 0 Å². The molecule has 0 N–H and O–H groups in total. The Hall–Kier alpha value is -5.96. The van der Waals surface area contributed by atoms with Crippen molar-refractivity contribution in [2.45, 2.75) is 0 Å². The number of hydrogen-bond acceptors (Lipinski definition) is 2. The van der Waals surface area contributed by atoms with Gasteiger partial charge in [0.2, 0.25) is 0 Å². The molecule has 9 aromatic rings. The average Bonchev–Trinajstić information content (AvgIpc) is 3.53. The van der Waals surface area contributed by atoms with Crippen LogP contribution in [0.15, 0.2) is 188 Å². The highest BCUT2D eigenvalue weighted by molar-refractivity contribution is 7.25. The van der Waals surface area contributed by atoms with Gasteiger partial charge in [-0.3, -0.25) is 0 Å². The van der Waals surface area contributed by atoms with Crippen molar-refractivity contribution in [2.75, 3.05) is 4.90 Å². The van der Waals surface area contributed by atoms with E-state index in [-0.39, 0.29) is 0 Å². The van der Waals surface area contributed by atoms with E-state index in [9.17, 15) is 0 Å². The zero-order chi connectivity index (χ0) is 31.9. The van der Waals surface area contributed by atoms with Crippen LogP contribution in [-0.4, -0.2) is 0 Å². The molecule has 9 rings (SSSR count). The molecule has 0 atom stereocenters. The lowest BCUT2D eigenvalue weighted by Gasteiger charge is -2.28. The Morgan fingerprint density at radius 2 is 0.958 bits per heavy atom. The van der Waals surface area contributed by atoms with Gasteiger partial charge in [0.25, 0.3) is 0 Å². The van der Waals surface area contributed by atoms with Crippen LogP contribution < -0.4 is 4.90 Å². The van der Waals surface area contributed by atoms with Crippen molar-refractivity contribution < 1.29 is 0 Å². The highest BCUT2D eigenvalue weighted by Crippen LogP contribution is 2.44. The molecule has 0 aliphatic carbocycles. The summed E-state index contributed by atoms with van der Waals surface area (Å²) in [5, 5.41) is 5.22. The van der Waals surface area contributed by atoms with Crippen molar-refractivity contribution in [3.8, 4) is 33.4 Å². The van der Waals surface area contributed by atoms with Crippen LogP contribution in [-0.2, 0) is 0 Å². The van der Waals surface area contributed by atoms with E-state index in [1.807, 2.05) is 11.3 Å². The van der Waals surface area contributed by atoms with Gasteiger partial charge in [-0.25, -0.2) is 0 Å². The summed E-state index contributed by atoms with van der Waals surface area (Å²) in [4.78, 5) is 2.38. The summed E-state index contributed by atoms with van der Waals surface area (Å²) in [5.41, 5.74) is 10.6.